The third-order valence-electron chi connectivity index (χ3n) is 2.94. The van der Waals surface area contributed by atoms with Gasteiger partial charge in [0, 0.05) is 0 Å². The molecule has 1 N–H and O–H groups in total. The summed E-state index contributed by atoms with van der Waals surface area (Å²) < 4.78 is 13.4. The minimum absolute atomic E-state index is 0.314. The number of guanidine groups is 1. The van der Waals surface area contributed by atoms with Gasteiger partial charge in [0.15, 0.2) is 0 Å². The van der Waals surface area contributed by atoms with Crippen molar-refractivity contribution >= 4 is 52.1 Å². The fourth-order valence-corrected chi connectivity index (χ4v) is 2.73. The fourth-order valence-electron chi connectivity index (χ4n) is 1.99. The molecular weight excluding hydrogens is 314 g/mol. The molecule has 9 heteroatoms. The first-order valence-electron chi connectivity index (χ1n) is 6.37. The first kappa shape index (κ1) is 14.0. The molecule has 0 bridgehead atoms. The topological polar surface area (TPSA) is 79.7 Å². The molecule has 0 spiro atoms. The predicted octanol–water partition coefficient (Wildman–Crippen LogP) is 2.58. The summed E-state index contributed by atoms with van der Waals surface area (Å²) >= 11 is 7.32. The van der Waals surface area contributed by atoms with E-state index < -0.39 is 6.09 Å². The summed E-state index contributed by atoms with van der Waals surface area (Å²) in [6.07, 6.45) is -0.430. The number of amides is 1. The van der Waals surface area contributed by atoms with Crippen molar-refractivity contribution in [3.05, 3.63) is 17.2 Å². The molecule has 0 radical (unpaired) electrons. The van der Waals surface area contributed by atoms with Gasteiger partial charge in [-0.05, 0) is 19.1 Å². The Labute approximate surface area is 129 Å². The molecule has 21 heavy (non-hydrogen) atoms. The Morgan fingerprint density at radius 1 is 1.52 bits per heavy atom. The number of ether oxygens (including phenoxy) is 1. The molecule has 110 valence electrons. The van der Waals surface area contributed by atoms with Crippen LogP contribution in [0.3, 0.4) is 0 Å². The summed E-state index contributed by atoms with van der Waals surface area (Å²) in [7, 11) is 0. The number of nitrogens with zero attached hydrogens (tertiary/aromatic N) is 4. The molecule has 0 unspecified atom stereocenters. The third kappa shape index (κ3) is 2.64. The summed E-state index contributed by atoms with van der Waals surface area (Å²) in [5.41, 5.74) is 2.00. The second-order valence-electron chi connectivity index (χ2n) is 4.24. The highest BCUT2D eigenvalue weighted by Gasteiger charge is 2.26. The highest BCUT2D eigenvalue weighted by atomic mass is 35.5. The van der Waals surface area contributed by atoms with Gasteiger partial charge >= 0.3 is 6.09 Å². The van der Waals surface area contributed by atoms with E-state index >= 15 is 0 Å². The molecule has 1 aromatic carbocycles. The van der Waals surface area contributed by atoms with Gasteiger partial charge in [-0.3, -0.25) is 4.99 Å². The monoisotopic (exact) mass is 325 g/mol. The number of fused-ring (bicyclic) bond motifs is 1. The fraction of sp³-hybridized carbons (Fsp3) is 0.333. The van der Waals surface area contributed by atoms with Crippen LogP contribution in [0.15, 0.2) is 17.1 Å². The molecule has 1 aliphatic rings. The second kappa shape index (κ2) is 5.82. The number of aromatic nitrogens is 2. The number of halogens is 1. The number of nitrogens with one attached hydrogen (secondary N) is 1. The lowest BCUT2D eigenvalue weighted by atomic mass is 10.2. The van der Waals surface area contributed by atoms with Gasteiger partial charge in [0.1, 0.15) is 11.0 Å². The summed E-state index contributed by atoms with van der Waals surface area (Å²) in [5.74, 6) is 0.413. The van der Waals surface area contributed by atoms with Gasteiger partial charge in [-0.25, -0.2) is 9.69 Å². The van der Waals surface area contributed by atoms with E-state index in [4.69, 9.17) is 16.3 Å². The van der Waals surface area contributed by atoms with Gasteiger partial charge in [-0.1, -0.05) is 11.6 Å². The molecular formula is C12H12ClN5O2S. The van der Waals surface area contributed by atoms with Crippen LogP contribution in [-0.4, -0.2) is 45.4 Å². The standard InChI is InChI=1S/C12H12ClN5O2S/c1-2-20-12(19)18-6-5-14-11(18)15-9-7(13)3-4-8-10(9)17-21-16-8/h3-4H,2,5-6H2,1H3,(H,14,15). The van der Waals surface area contributed by atoms with Crippen LogP contribution in [0.25, 0.3) is 11.0 Å². The van der Waals surface area contributed by atoms with Crippen molar-refractivity contribution in [2.24, 2.45) is 4.99 Å². The van der Waals surface area contributed by atoms with Crippen LogP contribution in [0.5, 0.6) is 0 Å². The van der Waals surface area contributed by atoms with E-state index in [1.807, 2.05) is 0 Å². The molecule has 1 aliphatic heterocycles. The number of hydrogen-bond acceptors (Lipinski definition) is 7. The van der Waals surface area contributed by atoms with E-state index in [1.165, 1.54) is 4.90 Å². The van der Waals surface area contributed by atoms with Crippen LogP contribution in [-0.2, 0) is 4.74 Å². The molecule has 7 nitrogen and oxygen atoms in total. The van der Waals surface area contributed by atoms with E-state index in [1.54, 1.807) is 19.1 Å². The number of carbonyl (C=O) groups excluding carboxylic acids is 1. The maximum atomic E-state index is 11.9. The van der Waals surface area contributed by atoms with Gasteiger partial charge in [0.2, 0.25) is 5.96 Å². The number of aliphatic imine (C=N–C) groups is 1. The summed E-state index contributed by atoms with van der Waals surface area (Å²) in [6.45, 7) is 3.07. The minimum atomic E-state index is -0.430. The Balaban J connectivity index is 1.89. The number of benzene rings is 1. The average Bonchev–Trinajstić information content (AvgIpc) is 3.11. The molecule has 0 fully saturated rings. The molecule has 0 aliphatic carbocycles. The van der Waals surface area contributed by atoms with Gasteiger partial charge in [0.05, 0.1) is 42.1 Å². The zero-order valence-corrected chi connectivity index (χ0v) is 12.7. The highest BCUT2D eigenvalue weighted by Crippen LogP contribution is 2.30. The summed E-state index contributed by atoms with van der Waals surface area (Å²) in [6, 6.07) is 3.53. The highest BCUT2D eigenvalue weighted by molar-refractivity contribution is 7.00. The third-order valence-corrected chi connectivity index (χ3v) is 3.80. The first-order valence-corrected chi connectivity index (χ1v) is 7.48. The average molecular weight is 326 g/mol. The van der Waals surface area contributed by atoms with E-state index in [-0.39, 0.29) is 0 Å². The summed E-state index contributed by atoms with van der Waals surface area (Å²) in [5, 5.41) is 3.57. The van der Waals surface area contributed by atoms with Crippen LogP contribution < -0.4 is 5.32 Å². The van der Waals surface area contributed by atoms with Gasteiger partial charge in [-0.15, -0.1) is 0 Å². The van der Waals surface area contributed by atoms with Crippen molar-refractivity contribution < 1.29 is 9.53 Å². The predicted molar refractivity (Wildman–Crippen MR) is 82.1 cm³/mol. The molecule has 3 rings (SSSR count). The maximum absolute atomic E-state index is 11.9. The van der Waals surface area contributed by atoms with Crippen molar-refractivity contribution in [3.63, 3.8) is 0 Å². The lowest BCUT2D eigenvalue weighted by Crippen LogP contribution is -2.38. The Hall–Kier alpha value is -1.93. The van der Waals surface area contributed by atoms with Gasteiger partial charge in [-0.2, -0.15) is 8.75 Å². The van der Waals surface area contributed by atoms with Crippen LogP contribution in [0.4, 0.5) is 10.5 Å². The van der Waals surface area contributed by atoms with Crippen LogP contribution in [0, 0.1) is 0 Å². The smallest absolute Gasteiger partial charge is 0.416 e. The van der Waals surface area contributed by atoms with E-state index in [0.717, 1.165) is 17.2 Å². The summed E-state index contributed by atoms with van der Waals surface area (Å²) in [4.78, 5) is 17.6. The van der Waals surface area contributed by atoms with Crippen LogP contribution >= 0.6 is 23.3 Å². The quantitative estimate of drug-likeness (QED) is 0.918. The Morgan fingerprint density at radius 2 is 2.38 bits per heavy atom. The van der Waals surface area contributed by atoms with Crippen molar-refractivity contribution in [2.45, 2.75) is 6.92 Å². The maximum Gasteiger partial charge on any atom is 0.416 e. The molecule has 0 saturated carbocycles. The first-order chi connectivity index (χ1) is 10.2. The lowest BCUT2D eigenvalue weighted by molar-refractivity contribution is 0.130. The molecule has 2 aromatic rings. The number of hydrogen-bond donors (Lipinski definition) is 1. The van der Waals surface area contributed by atoms with Crippen molar-refractivity contribution in [1.82, 2.24) is 13.6 Å². The number of rotatable bonds is 2. The molecule has 0 saturated heterocycles. The molecule has 1 amide bonds. The minimum Gasteiger partial charge on any atom is -0.449 e. The molecule has 2 heterocycles. The Bertz CT molecular complexity index is 717. The molecule has 1 aromatic heterocycles. The van der Waals surface area contributed by atoms with Crippen molar-refractivity contribution in [2.75, 3.05) is 25.0 Å². The largest absolute Gasteiger partial charge is 0.449 e. The second-order valence-corrected chi connectivity index (χ2v) is 5.17. The number of anilines is 1. The van der Waals surface area contributed by atoms with Crippen LogP contribution in [0.2, 0.25) is 5.02 Å². The van der Waals surface area contributed by atoms with Crippen molar-refractivity contribution in [1.29, 1.82) is 0 Å². The Kier molecular flexibility index (Phi) is 3.89. The van der Waals surface area contributed by atoms with E-state index in [0.29, 0.717) is 41.9 Å². The van der Waals surface area contributed by atoms with Crippen molar-refractivity contribution in [3.8, 4) is 0 Å². The Morgan fingerprint density at radius 3 is 3.19 bits per heavy atom. The van der Waals surface area contributed by atoms with E-state index in [2.05, 4.69) is 19.1 Å². The van der Waals surface area contributed by atoms with Gasteiger partial charge in [0.25, 0.3) is 0 Å². The SMILES string of the molecule is CCOC(=O)N1CCN=C1Nc1c(Cl)ccc2nsnc12. The lowest BCUT2D eigenvalue weighted by Gasteiger charge is -2.19. The normalized spacial score (nSPS) is 14.4. The number of carbonyl (C=O) groups is 1. The van der Waals surface area contributed by atoms with Gasteiger partial charge < -0.3 is 10.1 Å². The zero-order chi connectivity index (χ0) is 14.8. The van der Waals surface area contributed by atoms with E-state index in [9.17, 15) is 4.79 Å². The van der Waals surface area contributed by atoms with Crippen LogP contribution in [0.1, 0.15) is 6.92 Å². The zero-order valence-electron chi connectivity index (χ0n) is 11.2. The molecule has 0 atom stereocenters.